The summed E-state index contributed by atoms with van der Waals surface area (Å²) in [4.78, 5) is 0. The second-order valence-corrected chi connectivity index (χ2v) is 3.86. The maximum absolute atomic E-state index is 13.0. The molecule has 2 aromatic carbocycles. The first kappa shape index (κ1) is 10.8. The van der Waals surface area contributed by atoms with Gasteiger partial charge in [-0.05, 0) is 47.4 Å². The molecule has 0 aromatic heterocycles. The van der Waals surface area contributed by atoms with Crippen LogP contribution < -0.4 is 5.73 Å². The fraction of sp³-hybridized carbons (Fsp3) is 0.143. The minimum absolute atomic E-state index is 0.198. The van der Waals surface area contributed by atoms with E-state index < -0.39 is 0 Å². The molecule has 2 aromatic rings. The quantitative estimate of drug-likeness (QED) is 0.817. The lowest BCUT2D eigenvalue weighted by Crippen LogP contribution is -1.96. The molecular formula is C14H14FN. The Labute approximate surface area is 94.7 Å². The first-order chi connectivity index (χ1) is 7.70. The van der Waals surface area contributed by atoms with Gasteiger partial charge >= 0.3 is 0 Å². The van der Waals surface area contributed by atoms with Crippen LogP contribution in [-0.2, 0) is 6.54 Å². The Morgan fingerprint density at radius 3 is 2.62 bits per heavy atom. The Hall–Kier alpha value is -1.67. The van der Waals surface area contributed by atoms with Crippen LogP contribution in [0.4, 0.5) is 4.39 Å². The van der Waals surface area contributed by atoms with Gasteiger partial charge in [0.05, 0.1) is 0 Å². The van der Waals surface area contributed by atoms with Crippen molar-refractivity contribution >= 4 is 0 Å². The van der Waals surface area contributed by atoms with Crippen LogP contribution in [0.25, 0.3) is 11.1 Å². The summed E-state index contributed by atoms with van der Waals surface area (Å²) in [6.45, 7) is 2.43. The minimum Gasteiger partial charge on any atom is -0.326 e. The molecule has 2 heteroatoms. The minimum atomic E-state index is -0.198. The van der Waals surface area contributed by atoms with Crippen molar-refractivity contribution < 1.29 is 4.39 Å². The highest BCUT2D eigenvalue weighted by atomic mass is 19.1. The van der Waals surface area contributed by atoms with Gasteiger partial charge in [0.15, 0.2) is 0 Å². The van der Waals surface area contributed by atoms with Gasteiger partial charge < -0.3 is 5.73 Å². The van der Waals surface area contributed by atoms with E-state index in [9.17, 15) is 4.39 Å². The number of hydrogen-bond donors (Lipinski definition) is 1. The molecule has 0 saturated carbocycles. The SMILES string of the molecule is Cc1cc(F)ccc1-c1cccc(CN)c1. The van der Waals surface area contributed by atoms with Gasteiger partial charge in [0, 0.05) is 6.54 Å². The van der Waals surface area contributed by atoms with Gasteiger partial charge in [-0.2, -0.15) is 0 Å². The first-order valence-corrected chi connectivity index (χ1v) is 5.26. The molecule has 0 heterocycles. The summed E-state index contributed by atoms with van der Waals surface area (Å²) in [6, 6.07) is 12.9. The highest BCUT2D eigenvalue weighted by Gasteiger charge is 2.03. The van der Waals surface area contributed by atoms with Crippen LogP contribution in [0.15, 0.2) is 42.5 Å². The highest BCUT2D eigenvalue weighted by Crippen LogP contribution is 2.24. The average Bonchev–Trinajstić information content (AvgIpc) is 2.29. The molecular weight excluding hydrogens is 201 g/mol. The third kappa shape index (κ3) is 2.12. The number of nitrogens with two attached hydrogens (primary N) is 1. The zero-order chi connectivity index (χ0) is 11.5. The third-order valence-corrected chi connectivity index (χ3v) is 2.66. The Morgan fingerprint density at radius 2 is 1.94 bits per heavy atom. The van der Waals surface area contributed by atoms with Gasteiger partial charge in [0.25, 0.3) is 0 Å². The fourth-order valence-electron chi connectivity index (χ4n) is 1.82. The molecule has 0 saturated heterocycles. The lowest BCUT2D eigenvalue weighted by Gasteiger charge is -2.07. The van der Waals surface area contributed by atoms with Gasteiger partial charge in [-0.15, -0.1) is 0 Å². The molecule has 2 rings (SSSR count). The van der Waals surface area contributed by atoms with E-state index in [4.69, 9.17) is 5.73 Å². The fourth-order valence-corrected chi connectivity index (χ4v) is 1.82. The average molecular weight is 215 g/mol. The van der Waals surface area contributed by atoms with Crippen molar-refractivity contribution in [1.29, 1.82) is 0 Å². The van der Waals surface area contributed by atoms with Crippen LogP contribution in [0.1, 0.15) is 11.1 Å². The molecule has 0 radical (unpaired) electrons. The number of halogens is 1. The van der Waals surface area contributed by atoms with Crippen LogP contribution in [0.3, 0.4) is 0 Å². The Kier molecular flexibility index (Phi) is 3.02. The summed E-state index contributed by atoms with van der Waals surface area (Å²) in [6.07, 6.45) is 0. The van der Waals surface area contributed by atoms with E-state index in [1.807, 2.05) is 31.2 Å². The van der Waals surface area contributed by atoms with Gasteiger partial charge in [-0.1, -0.05) is 24.3 Å². The maximum atomic E-state index is 13.0. The zero-order valence-electron chi connectivity index (χ0n) is 9.20. The molecule has 0 unspecified atom stereocenters. The molecule has 0 bridgehead atoms. The van der Waals surface area contributed by atoms with Crippen molar-refractivity contribution in [3.63, 3.8) is 0 Å². The molecule has 0 aliphatic heterocycles. The van der Waals surface area contributed by atoms with Crippen LogP contribution in [-0.4, -0.2) is 0 Å². The van der Waals surface area contributed by atoms with E-state index >= 15 is 0 Å². The monoisotopic (exact) mass is 215 g/mol. The van der Waals surface area contributed by atoms with E-state index in [0.29, 0.717) is 6.54 Å². The maximum Gasteiger partial charge on any atom is 0.123 e. The molecule has 16 heavy (non-hydrogen) atoms. The van der Waals surface area contributed by atoms with Crippen LogP contribution >= 0.6 is 0 Å². The summed E-state index contributed by atoms with van der Waals surface area (Å²) in [7, 11) is 0. The first-order valence-electron chi connectivity index (χ1n) is 5.26. The van der Waals surface area contributed by atoms with Gasteiger partial charge in [-0.3, -0.25) is 0 Å². The predicted molar refractivity (Wildman–Crippen MR) is 64.5 cm³/mol. The molecule has 0 spiro atoms. The van der Waals surface area contributed by atoms with Crippen molar-refractivity contribution in [3.8, 4) is 11.1 Å². The summed E-state index contributed by atoms with van der Waals surface area (Å²) in [5.74, 6) is -0.198. The topological polar surface area (TPSA) is 26.0 Å². The number of hydrogen-bond acceptors (Lipinski definition) is 1. The summed E-state index contributed by atoms with van der Waals surface area (Å²) in [5.41, 5.74) is 9.76. The molecule has 0 aliphatic carbocycles. The van der Waals surface area contributed by atoms with Crippen molar-refractivity contribution in [2.24, 2.45) is 5.73 Å². The summed E-state index contributed by atoms with van der Waals surface area (Å²) >= 11 is 0. The summed E-state index contributed by atoms with van der Waals surface area (Å²) < 4.78 is 13.0. The Morgan fingerprint density at radius 1 is 1.12 bits per heavy atom. The van der Waals surface area contributed by atoms with Crippen LogP contribution in [0.5, 0.6) is 0 Å². The van der Waals surface area contributed by atoms with Crippen molar-refractivity contribution in [3.05, 3.63) is 59.4 Å². The normalized spacial score (nSPS) is 10.4. The van der Waals surface area contributed by atoms with Crippen molar-refractivity contribution in [2.45, 2.75) is 13.5 Å². The van der Waals surface area contributed by atoms with E-state index in [1.54, 1.807) is 12.1 Å². The molecule has 82 valence electrons. The van der Waals surface area contributed by atoms with Crippen LogP contribution in [0.2, 0.25) is 0 Å². The van der Waals surface area contributed by atoms with E-state index in [2.05, 4.69) is 0 Å². The Bertz CT molecular complexity index is 506. The molecule has 0 amide bonds. The smallest absolute Gasteiger partial charge is 0.123 e. The zero-order valence-corrected chi connectivity index (χ0v) is 9.20. The second kappa shape index (κ2) is 4.45. The largest absolute Gasteiger partial charge is 0.326 e. The predicted octanol–water partition coefficient (Wildman–Crippen LogP) is 3.26. The van der Waals surface area contributed by atoms with E-state index in [1.165, 1.54) is 6.07 Å². The standard InChI is InChI=1S/C14H14FN/c1-10-7-13(15)5-6-14(10)12-4-2-3-11(8-12)9-16/h2-8H,9,16H2,1H3. The molecule has 0 aliphatic rings. The number of benzene rings is 2. The van der Waals surface area contributed by atoms with Crippen molar-refractivity contribution in [1.82, 2.24) is 0 Å². The Balaban J connectivity index is 2.49. The molecule has 1 nitrogen and oxygen atoms in total. The third-order valence-electron chi connectivity index (χ3n) is 2.66. The summed E-state index contributed by atoms with van der Waals surface area (Å²) in [5, 5.41) is 0. The number of rotatable bonds is 2. The van der Waals surface area contributed by atoms with E-state index in [-0.39, 0.29) is 5.82 Å². The number of aryl methyl sites for hydroxylation is 1. The van der Waals surface area contributed by atoms with Gasteiger partial charge in [0.2, 0.25) is 0 Å². The lowest BCUT2D eigenvalue weighted by atomic mass is 9.99. The van der Waals surface area contributed by atoms with E-state index in [0.717, 1.165) is 22.3 Å². The second-order valence-electron chi connectivity index (χ2n) is 3.86. The van der Waals surface area contributed by atoms with Gasteiger partial charge in [-0.25, -0.2) is 4.39 Å². The van der Waals surface area contributed by atoms with Gasteiger partial charge in [0.1, 0.15) is 5.82 Å². The molecule has 0 fully saturated rings. The van der Waals surface area contributed by atoms with Crippen LogP contribution in [0, 0.1) is 12.7 Å². The lowest BCUT2D eigenvalue weighted by molar-refractivity contribution is 0.627. The molecule has 2 N–H and O–H groups in total. The molecule has 0 atom stereocenters. The van der Waals surface area contributed by atoms with Crippen molar-refractivity contribution in [2.75, 3.05) is 0 Å². The highest BCUT2D eigenvalue weighted by molar-refractivity contribution is 5.67.